The van der Waals surface area contributed by atoms with E-state index in [0.717, 1.165) is 23.1 Å². The zero-order valence-corrected chi connectivity index (χ0v) is 20.6. The molecule has 1 aliphatic heterocycles. The van der Waals surface area contributed by atoms with Crippen LogP contribution in [0.1, 0.15) is 48.1 Å². The lowest BCUT2D eigenvalue weighted by Crippen LogP contribution is -2.46. The summed E-state index contributed by atoms with van der Waals surface area (Å²) in [7, 11) is 0. The van der Waals surface area contributed by atoms with Gasteiger partial charge in [0.25, 0.3) is 0 Å². The molecule has 4 rings (SSSR count). The number of cyclic esters (lactones) is 1. The number of carbonyl (C=O) groups excluding carboxylic acids is 3. The van der Waals surface area contributed by atoms with Crippen molar-refractivity contribution in [1.82, 2.24) is 10.2 Å². The summed E-state index contributed by atoms with van der Waals surface area (Å²) in [5.41, 5.74) is 4.21. The van der Waals surface area contributed by atoms with E-state index >= 15 is 0 Å². The number of hydrogen-bond acceptors (Lipinski definition) is 4. The molecular weight excluding hydrogens is 454 g/mol. The van der Waals surface area contributed by atoms with Gasteiger partial charge in [0.1, 0.15) is 0 Å². The first-order valence-electron chi connectivity index (χ1n) is 12.2. The van der Waals surface area contributed by atoms with Gasteiger partial charge in [-0.1, -0.05) is 79.2 Å². The van der Waals surface area contributed by atoms with Gasteiger partial charge in [-0.25, -0.2) is 4.79 Å². The number of ether oxygens (including phenoxy) is 1. The molecule has 0 saturated carbocycles. The molecule has 36 heavy (non-hydrogen) atoms. The van der Waals surface area contributed by atoms with Gasteiger partial charge in [-0.2, -0.15) is 0 Å². The molecule has 0 bridgehead atoms. The number of nitrogens with zero attached hydrogens (tertiary/aromatic N) is 1. The molecule has 3 aromatic carbocycles. The summed E-state index contributed by atoms with van der Waals surface area (Å²) in [6.45, 7) is 4.51. The second kappa shape index (κ2) is 11.5. The Labute approximate surface area is 211 Å². The highest BCUT2D eigenvalue weighted by Gasteiger charge is 2.47. The maximum absolute atomic E-state index is 13.5. The Morgan fingerprint density at radius 2 is 1.69 bits per heavy atom. The summed E-state index contributed by atoms with van der Waals surface area (Å²) in [6, 6.07) is 23.7. The number of benzene rings is 3. The van der Waals surface area contributed by atoms with Gasteiger partial charge in [-0.15, -0.1) is 0 Å². The number of aryl methyl sites for hydroxylation is 1. The van der Waals surface area contributed by atoms with Gasteiger partial charge < -0.3 is 15.4 Å². The van der Waals surface area contributed by atoms with E-state index in [1.54, 1.807) is 24.3 Å². The Morgan fingerprint density at radius 3 is 2.42 bits per heavy atom. The zero-order chi connectivity index (χ0) is 25.5. The Hall–Kier alpha value is -4.13. The van der Waals surface area contributed by atoms with E-state index in [1.807, 2.05) is 68.4 Å². The standard InChI is InChI=1S/C29H31N3O4/c1-3-8-25(33)31-24-12-7-11-23(17-24)27-26(28(34)30-18-21-9-5-4-6-10-21)32(29(35)36-27)19-22-15-13-20(2)14-16-22/h4-7,9-17,26-27H,3,8,18-19H2,1-2H3,(H,30,34)(H,31,33). The molecule has 0 aliphatic carbocycles. The molecule has 186 valence electrons. The summed E-state index contributed by atoms with van der Waals surface area (Å²) in [6.07, 6.45) is -0.219. The van der Waals surface area contributed by atoms with E-state index in [1.165, 1.54) is 4.90 Å². The highest BCUT2D eigenvalue weighted by atomic mass is 16.6. The summed E-state index contributed by atoms with van der Waals surface area (Å²) >= 11 is 0. The molecule has 1 saturated heterocycles. The van der Waals surface area contributed by atoms with Crippen molar-refractivity contribution in [2.75, 3.05) is 5.32 Å². The molecule has 0 aromatic heterocycles. The molecule has 0 spiro atoms. The fourth-order valence-corrected chi connectivity index (χ4v) is 4.23. The largest absolute Gasteiger partial charge is 0.438 e. The summed E-state index contributed by atoms with van der Waals surface area (Å²) in [5, 5.41) is 5.84. The lowest BCUT2D eigenvalue weighted by Gasteiger charge is -2.24. The van der Waals surface area contributed by atoms with Crippen LogP contribution < -0.4 is 10.6 Å². The zero-order valence-electron chi connectivity index (χ0n) is 20.6. The Kier molecular flexibility index (Phi) is 8.00. The van der Waals surface area contributed by atoms with Gasteiger partial charge >= 0.3 is 6.09 Å². The molecule has 1 heterocycles. The number of nitrogens with one attached hydrogen (secondary N) is 2. The van der Waals surface area contributed by atoms with Crippen molar-refractivity contribution >= 4 is 23.6 Å². The molecular formula is C29H31N3O4. The molecule has 1 aliphatic rings. The van der Waals surface area contributed by atoms with Crippen LogP contribution in [0.5, 0.6) is 0 Å². The number of rotatable bonds is 9. The molecule has 2 unspecified atom stereocenters. The van der Waals surface area contributed by atoms with Gasteiger partial charge in [0.15, 0.2) is 12.1 Å². The molecule has 2 N–H and O–H groups in total. The number of hydrogen-bond donors (Lipinski definition) is 2. The van der Waals surface area contributed by atoms with Crippen LogP contribution >= 0.6 is 0 Å². The Bertz CT molecular complexity index is 1210. The van der Waals surface area contributed by atoms with Gasteiger partial charge in [-0.3, -0.25) is 14.5 Å². The third kappa shape index (κ3) is 6.10. The smallest absolute Gasteiger partial charge is 0.411 e. The predicted molar refractivity (Wildman–Crippen MR) is 138 cm³/mol. The molecule has 1 fully saturated rings. The predicted octanol–water partition coefficient (Wildman–Crippen LogP) is 5.11. The maximum Gasteiger partial charge on any atom is 0.411 e. The van der Waals surface area contributed by atoms with Crippen LogP contribution in [0, 0.1) is 6.92 Å². The average Bonchev–Trinajstić information content (AvgIpc) is 3.20. The molecule has 3 aromatic rings. The van der Waals surface area contributed by atoms with E-state index in [-0.39, 0.29) is 18.4 Å². The maximum atomic E-state index is 13.5. The minimum absolute atomic E-state index is 0.0868. The quantitative estimate of drug-likeness (QED) is 0.441. The van der Waals surface area contributed by atoms with Crippen LogP contribution in [0.25, 0.3) is 0 Å². The number of amides is 3. The van der Waals surface area contributed by atoms with Gasteiger partial charge in [0, 0.05) is 18.7 Å². The second-order valence-electron chi connectivity index (χ2n) is 8.99. The summed E-state index contributed by atoms with van der Waals surface area (Å²) in [4.78, 5) is 40.1. The third-order valence-electron chi connectivity index (χ3n) is 6.11. The molecule has 2 atom stereocenters. The van der Waals surface area contributed by atoms with Crippen LogP contribution in [-0.4, -0.2) is 28.8 Å². The van der Waals surface area contributed by atoms with Gasteiger partial charge in [0.05, 0.1) is 6.54 Å². The van der Waals surface area contributed by atoms with E-state index in [0.29, 0.717) is 24.2 Å². The van der Waals surface area contributed by atoms with Crippen molar-refractivity contribution in [1.29, 1.82) is 0 Å². The first-order chi connectivity index (χ1) is 17.4. The first kappa shape index (κ1) is 25.0. The van der Waals surface area contributed by atoms with Crippen LogP contribution in [0.4, 0.5) is 10.5 Å². The van der Waals surface area contributed by atoms with Crippen molar-refractivity contribution < 1.29 is 19.1 Å². The van der Waals surface area contributed by atoms with Crippen molar-refractivity contribution in [2.24, 2.45) is 0 Å². The van der Waals surface area contributed by atoms with E-state index < -0.39 is 18.2 Å². The van der Waals surface area contributed by atoms with Crippen molar-refractivity contribution in [3.05, 3.63) is 101 Å². The Morgan fingerprint density at radius 1 is 0.944 bits per heavy atom. The number of carbonyl (C=O) groups is 3. The van der Waals surface area contributed by atoms with Crippen molar-refractivity contribution in [3.8, 4) is 0 Å². The lowest BCUT2D eigenvalue weighted by atomic mass is 9.99. The van der Waals surface area contributed by atoms with Gasteiger partial charge in [0.2, 0.25) is 11.8 Å². The van der Waals surface area contributed by atoms with Crippen molar-refractivity contribution in [2.45, 2.75) is 51.9 Å². The number of anilines is 1. The fraction of sp³-hybridized carbons (Fsp3) is 0.276. The van der Waals surface area contributed by atoms with Crippen LogP contribution in [0.2, 0.25) is 0 Å². The Balaban J connectivity index is 1.60. The minimum Gasteiger partial charge on any atom is -0.438 e. The highest BCUT2D eigenvalue weighted by Crippen LogP contribution is 2.35. The average molecular weight is 486 g/mol. The lowest BCUT2D eigenvalue weighted by molar-refractivity contribution is -0.126. The topological polar surface area (TPSA) is 87.7 Å². The molecule has 7 nitrogen and oxygen atoms in total. The first-order valence-corrected chi connectivity index (χ1v) is 12.2. The minimum atomic E-state index is -0.871. The third-order valence-corrected chi connectivity index (χ3v) is 6.11. The molecule has 7 heteroatoms. The van der Waals surface area contributed by atoms with E-state index in [9.17, 15) is 14.4 Å². The van der Waals surface area contributed by atoms with E-state index in [4.69, 9.17) is 4.74 Å². The summed E-state index contributed by atoms with van der Waals surface area (Å²) < 4.78 is 5.76. The summed E-state index contributed by atoms with van der Waals surface area (Å²) in [5.74, 6) is -0.390. The van der Waals surface area contributed by atoms with Crippen molar-refractivity contribution in [3.63, 3.8) is 0 Å². The van der Waals surface area contributed by atoms with Gasteiger partial charge in [-0.05, 0) is 42.2 Å². The van der Waals surface area contributed by atoms with Crippen LogP contribution in [-0.2, 0) is 27.4 Å². The molecule has 3 amide bonds. The second-order valence-corrected chi connectivity index (χ2v) is 8.99. The SMILES string of the molecule is CCCC(=O)Nc1cccc(C2OC(=O)N(Cc3ccc(C)cc3)C2C(=O)NCc2ccccc2)c1. The van der Waals surface area contributed by atoms with E-state index in [2.05, 4.69) is 10.6 Å². The monoisotopic (exact) mass is 485 g/mol. The fourth-order valence-electron chi connectivity index (χ4n) is 4.23. The van der Waals surface area contributed by atoms with Crippen LogP contribution in [0.3, 0.4) is 0 Å². The normalized spacial score (nSPS) is 16.9. The van der Waals surface area contributed by atoms with Crippen LogP contribution in [0.15, 0.2) is 78.9 Å². The molecule has 0 radical (unpaired) electrons. The highest BCUT2D eigenvalue weighted by molar-refractivity contribution is 5.91.